The number of para-hydroxylation sites is 1. The second kappa shape index (κ2) is 10.5. The lowest BCUT2D eigenvalue weighted by atomic mass is 10.1. The minimum atomic E-state index is -0.226. The van der Waals surface area contributed by atoms with Crippen molar-refractivity contribution in [2.45, 2.75) is 46.6 Å². The van der Waals surface area contributed by atoms with Gasteiger partial charge in [-0.25, -0.2) is 9.07 Å². The zero-order chi connectivity index (χ0) is 21.5. The Kier molecular flexibility index (Phi) is 7.76. The number of ether oxygens (including phenoxy) is 1. The van der Waals surface area contributed by atoms with Gasteiger partial charge in [0.25, 0.3) is 0 Å². The quantitative estimate of drug-likeness (QED) is 0.412. The molecule has 3 rings (SSSR count). The highest BCUT2D eigenvalue weighted by Gasteiger charge is 2.14. The van der Waals surface area contributed by atoms with Gasteiger partial charge < -0.3 is 9.30 Å². The topological polar surface area (TPSA) is 35.2 Å². The number of aromatic nitrogens is 3. The predicted molar refractivity (Wildman–Crippen MR) is 119 cm³/mol. The number of halogens is 1. The van der Waals surface area contributed by atoms with Gasteiger partial charge in [0.1, 0.15) is 18.2 Å². The summed E-state index contributed by atoms with van der Waals surface area (Å²) in [5, 5.41) is 4.75. The fourth-order valence-corrected chi connectivity index (χ4v) is 3.44. The summed E-state index contributed by atoms with van der Waals surface area (Å²) in [5.74, 6) is 1.97. The second-order valence-electron chi connectivity index (χ2n) is 7.92. The number of nitrogens with zero attached hydrogens (tertiary/aromatic N) is 4. The van der Waals surface area contributed by atoms with E-state index in [0.29, 0.717) is 30.5 Å². The fraction of sp³-hybridized carbons (Fsp3) is 0.391. The van der Waals surface area contributed by atoms with Crippen LogP contribution < -0.4 is 4.74 Å². The molecule has 0 amide bonds. The number of benzene rings is 2. The van der Waals surface area contributed by atoms with E-state index < -0.39 is 0 Å². The highest BCUT2D eigenvalue weighted by Crippen LogP contribution is 2.14. The van der Waals surface area contributed by atoms with Crippen molar-refractivity contribution in [2.75, 3.05) is 7.05 Å². The molecule has 3 aromatic rings. The van der Waals surface area contributed by atoms with E-state index in [9.17, 15) is 4.39 Å². The van der Waals surface area contributed by atoms with Crippen molar-refractivity contribution in [3.05, 3.63) is 76.6 Å². The van der Waals surface area contributed by atoms with Crippen molar-refractivity contribution in [1.82, 2.24) is 19.2 Å². The molecule has 0 N–H and O–H groups in total. The van der Waals surface area contributed by atoms with Gasteiger partial charge in [0.2, 0.25) is 0 Å². The molecule has 1 aromatic heterocycles. The van der Waals surface area contributed by atoms with Crippen LogP contribution >= 0.6 is 12.2 Å². The molecule has 0 unspecified atom stereocenters. The van der Waals surface area contributed by atoms with Gasteiger partial charge in [-0.05, 0) is 61.4 Å². The summed E-state index contributed by atoms with van der Waals surface area (Å²) in [6, 6.07) is 16.3. The molecule has 1 heterocycles. The van der Waals surface area contributed by atoms with E-state index in [0.717, 1.165) is 30.1 Å². The van der Waals surface area contributed by atoms with Crippen LogP contribution in [0.4, 0.5) is 4.39 Å². The standard InChI is InChI=1S/C23H29FN4OS/c1-18(2)13-14-27-22(16-29-21-7-5-4-6-8-21)25-28(23(27)30)17-26(3)15-19-9-11-20(24)12-10-19/h4-12,18H,13-17H2,1-3H3. The Morgan fingerprint density at radius 3 is 2.47 bits per heavy atom. The highest BCUT2D eigenvalue weighted by atomic mass is 32.1. The van der Waals surface area contributed by atoms with Crippen LogP contribution in [0.15, 0.2) is 54.6 Å². The van der Waals surface area contributed by atoms with Crippen LogP contribution in [0.3, 0.4) is 0 Å². The van der Waals surface area contributed by atoms with Gasteiger partial charge in [0.15, 0.2) is 10.6 Å². The van der Waals surface area contributed by atoms with Crippen LogP contribution in [-0.4, -0.2) is 26.3 Å². The zero-order valence-corrected chi connectivity index (χ0v) is 18.6. The average Bonchev–Trinajstić information content (AvgIpc) is 3.01. The third-order valence-electron chi connectivity index (χ3n) is 4.78. The maximum atomic E-state index is 13.1. The molecule has 5 nitrogen and oxygen atoms in total. The number of hydrogen-bond acceptors (Lipinski definition) is 4. The van der Waals surface area contributed by atoms with E-state index in [1.165, 1.54) is 12.1 Å². The summed E-state index contributed by atoms with van der Waals surface area (Å²) in [5.41, 5.74) is 1.04. The van der Waals surface area contributed by atoms with Crippen LogP contribution in [0.1, 0.15) is 31.7 Å². The average molecular weight is 429 g/mol. The third-order valence-corrected chi connectivity index (χ3v) is 5.21. The van der Waals surface area contributed by atoms with Crippen LogP contribution in [0, 0.1) is 16.5 Å². The SMILES string of the molecule is CC(C)CCn1c(COc2ccccc2)nn(CN(C)Cc2ccc(F)cc2)c1=S. The molecule has 0 radical (unpaired) electrons. The first-order valence-electron chi connectivity index (χ1n) is 10.2. The molecule has 0 aliphatic carbocycles. The molecule has 7 heteroatoms. The summed E-state index contributed by atoms with van der Waals surface area (Å²) in [7, 11) is 2.00. The molecule has 0 aliphatic heterocycles. The second-order valence-corrected chi connectivity index (χ2v) is 8.28. The Morgan fingerprint density at radius 2 is 1.80 bits per heavy atom. The van der Waals surface area contributed by atoms with Crippen molar-refractivity contribution in [3.63, 3.8) is 0 Å². The lowest BCUT2D eigenvalue weighted by molar-refractivity contribution is 0.240. The first-order chi connectivity index (χ1) is 14.4. The highest BCUT2D eigenvalue weighted by molar-refractivity contribution is 7.71. The third kappa shape index (κ3) is 6.24. The maximum Gasteiger partial charge on any atom is 0.199 e. The number of hydrogen-bond donors (Lipinski definition) is 0. The van der Waals surface area contributed by atoms with Gasteiger partial charge in [-0.3, -0.25) is 4.90 Å². The van der Waals surface area contributed by atoms with E-state index in [2.05, 4.69) is 23.3 Å². The zero-order valence-electron chi connectivity index (χ0n) is 17.8. The van der Waals surface area contributed by atoms with Crippen LogP contribution in [0.5, 0.6) is 5.75 Å². The van der Waals surface area contributed by atoms with Gasteiger partial charge in [-0.2, -0.15) is 5.10 Å². The Balaban J connectivity index is 1.74. The van der Waals surface area contributed by atoms with Crippen molar-refractivity contribution in [2.24, 2.45) is 5.92 Å². The largest absolute Gasteiger partial charge is 0.486 e. The van der Waals surface area contributed by atoms with E-state index in [4.69, 9.17) is 22.1 Å². The van der Waals surface area contributed by atoms with Crippen molar-refractivity contribution >= 4 is 12.2 Å². The Bertz CT molecular complexity index is 983. The van der Waals surface area contributed by atoms with Crippen molar-refractivity contribution in [1.29, 1.82) is 0 Å². The Morgan fingerprint density at radius 1 is 1.10 bits per heavy atom. The maximum absolute atomic E-state index is 13.1. The van der Waals surface area contributed by atoms with Crippen LogP contribution in [0.2, 0.25) is 0 Å². The summed E-state index contributed by atoms with van der Waals surface area (Å²) in [4.78, 5) is 2.10. The van der Waals surface area contributed by atoms with E-state index >= 15 is 0 Å². The van der Waals surface area contributed by atoms with Gasteiger partial charge >= 0.3 is 0 Å². The van der Waals surface area contributed by atoms with Crippen LogP contribution in [-0.2, 0) is 26.4 Å². The van der Waals surface area contributed by atoms with E-state index in [-0.39, 0.29) is 5.82 Å². The fourth-order valence-electron chi connectivity index (χ4n) is 3.14. The molecule has 0 saturated heterocycles. The first kappa shape index (κ1) is 22.2. The number of rotatable bonds is 10. The minimum absolute atomic E-state index is 0.226. The minimum Gasteiger partial charge on any atom is -0.486 e. The first-order valence-corrected chi connectivity index (χ1v) is 10.6. The van der Waals surface area contributed by atoms with Crippen molar-refractivity contribution in [3.8, 4) is 5.75 Å². The smallest absolute Gasteiger partial charge is 0.199 e. The summed E-state index contributed by atoms with van der Waals surface area (Å²) >= 11 is 5.73. The molecule has 160 valence electrons. The molecule has 0 spiro atoms. The molecule has 0 fully saturated rings. The molecule has 0 aliphatic rings. The van der Waals surface area contributed by atoms with Crippen LogP contribution in [0.25, 0.3) is 0 Å². The normalized spacial score (nSPS) is 11.4. The van der Waals surface area contributed by atoms with Gasteiger partial charge in [0.05, 0.1) is 6.67 Å². The molecular weight excluding hydrogens is 399 g/mol. The molecule has 0 saturated carbocycles. The summed E-state index contributed by atoms with van der Waals surface area (Å²) in [6.45, 7) is 6.79. The Hall–Kier alpha value is -2.51. The lowest BCUT2D eigenvalue weighted by Gasteiger charge is -2.16. The monoisotopic (exact) mass is 428 g/mol. The molecule has 0 bridgehead atoms. The van der Waals surface area contributed by atoms with Gasteiger partial charge in [0, 0.05) is 13.1 Å². The molecule has 30 heavy (non-hydrogen) atoms. The summed E-state index contributed by atoms with van der Waals surface area (Å²) < 4.78 is 23.7. The van der Waals surface area contributed by atoms with E-state index in [1.54, 1.807) is 12.1 Å². The molecule has 0 atom stereocenters. The Labute approximate surface area is 182 Å². The molecule has 2 aromatic carbocycles. The predicted octanol–water partition coefficient (Wildman–Crippen LogP) is 5.27. The van der Waals surface area contributed by atoms with E-state index in [1.807, 2.05) is 42.1 Å². The van der Waals surface area contributed by atoms with Gasteiger partial charge in [-0.1, -0.05) is 44.2 Å². The van der Waals surface area contributed by atoms with Gasteiger partial charge in [-0.15, -0.1) is 0 Å². The molecular formula is C23H29FN4OS. The van der Waals surface area contributed by atoms with Crippen molar-refractivity contribution < 1.29 is 9.13 Å². The summed E-state index contributed by atoms with van der Waals surface area (Å²) in [6.07, 6.45) is 1.02. The lowest BCUT2D eigenvalue weighted by Crippen LogP contribution is -2.22.